The molecule has 13 aliphatic rings. The summed E-state index contributed by atoms with van der Waals surface area (Å²) in [5.74, 6) is 10.4. The molecule has 0 aliphatic carbocycles. The second-order valence-corrected chi connectivity index (χ2v) is 49.6. The van der Waals surface area contributed by atoms with Crippen LogP contribution in [0.15, 0.2) is 241 Å². The Morgan fingerprint density at radius 1 is 0.274 bits per heavy atom. The Morgan fingerprint density at radius 3 is 0.651 bits per heavy atom. The predicted octanol–water partition coefficient (Wildman–Crippen LogP) is 24.9. The van der Waals surface area contributed by atoms with E-state index in [9.17, 15) is 0 Å². The van der Waals surface area contributed by atoms with E-state index in [0.29, 0.717) is 24.9 Å². The molecule has 564 valence electrons. The Balaban J connectivity index is 0.864. The zero-order valence-corrected chi connectivity index (χ0v) is 71.4. The van der Waals surface area contributed by atoms with E-state index in [4.69, 9.17) is 46.1 Å². The van der Waals surface area contributed by atoms with Gasteiger partial charge in [0, 0.05) is 47.3 Å². The monoisotopic (exact) mass is 1500 g/mol. The molecule has 0 spiro atoms. The summed E-state index contributed by atoms with van der Waals surface area (Å²) in [6.45, 7) is 44.6. The molecule has 16 bridgehead atoms. The van der Waals surface area contributed by atoms with Gasteiger partial charge in [0.25, 0.3) is 0 Å². The molecule has 106 heavy (non-hydrogen) atoms. The van der Waals surface area contributed by atoms with Crippen LogP contribution < -0.4 is 37.9 Å². The zero-order chi connectivity index (χ0) is 76.6. The molecule has 13 aliphatic heterocycles. The average molecular weight is 1500 g/mol. The van der Waals surface area contributed by atoms with Gasteiger partial charge in [-0.15, -0.1) is 0 Å². The van der Waals surface area contributed by atoms with E-state index in [0.717, 1.165) is 120 Å². The minimum Gasteiger partial charge on any atom is -0.494 e. The number of allylic oxidation sites excluding steroid dienone is 8. The smallest absolute Gasteiger partial charge is 0.213 e. The summed E-state index contributed by atoms with van der Waals surface area (Å²) in [6, 6.07) is 68.3. The van der Waals surface area contributed by atoms with Gasteiger partial charge in [-0.2, -0.15) is 0 Å². The van der Waals surface area contributed by atoms with Gasteiger partial charge in [-0.3, -0.25) is 0 Å². The highest BCUT2D eigenvalue weighted by atomic mass is 28.4. The highest BCUT2D eigenvalue weighted by Gasteiger charge is 2.37. The van der Waals surface area contributed by atoms with Crippen molar-refractivity contribution in [3.05, 3.63) is 286 Å². The third kappa shape index (κ3) is 23.0. The lowest BCUT2D eigenvalue weighted by Crippen LogP contribution is -2.51. The van der Waals surface area contributed by atoms with Crippen LogP contribution in [0.2, 0.25) is 52.4 Å². The van der Waals surface area contributed by atoms with Gasteiger partial charge < -0.3 is 46.1 Å². The summed E-state index contributed by atoms with van der Waals surface area (Å²) in [4.78, 5) is 0. The molecule has 10 nitrogen and oxygen atoms in total. The normalized spacial score (nSPS) is 19.5. The molecule has 13 heterocycles. The summed E-state index contributed by atoms with van der Waals surface area (Å²) >= 11 is 0. The molecule has 21 rings (SSSR count). The van der Waals surface area contributed by atoms with Crippen molar-refractivity contribution < 1.29 is 46.1 Å². The van der Waals surface area contributed by atoms with Crippen LogP contribution in [0.5, 0.6) is 46.0 Å². The standard InChI is InChI=1S/C92H120O10Si4/c1-21-27-83-31-25-29-77(23-3)97-85-57-41-73(42-58-85)89(5,6)69-33-49-79(50-34-69)93-65-103(13,14)101-104(15,16)66-94-80-51-35-70(36-52-80)90(7,8)74-43-59-86(60-44-74)98-78(24-4)30-26-32-84(28-22-2)100-88-63-47-76(48-64-88)92(11,12)72-39-55-82(56-40-72)96-68-106(19,20)102-105(17,18)67-95-81-53-37-71(38-54-81)91(9,10)75-45-61-87(99-83)62-46-75/h27-30,33-64H,21-26,31-32,65-68H2,1-20H3. The topological polar surface area (TPSA) is 92.3 Å². The molecule has 0 amide bonds. The molecule has 0 fully saturated rings. The van der Waals surface area contributed by atoms with E-state index >= 15 is 0 Å². The van der Waals surface area contributed by atoms with Crippen LogP contribution in [0.3, 0.4) is 0 Å². The van der Waals surface area contributed by atoms with Crippen LogP contribution in [-0.4, -0.2) is 58.2 Å². The maximum atomic E-state index is 6.98. The third-order valence-electron chi connectivity index (χ3n) is 20.1. The molecule has 8 aromatic carbocycles. The van der Waals surface area contributed by atoms with Crippen molar-refractivity contribution in [3.63, 3.8) is 0 Å². The van der Waals surface area contributed by atoms with Gasteiger partial charge in [-0.05, 0) is 244 Å². The van der Waals surface area contributed by atoms with Crippen molar-refractivity contribution >= 4 is 33.3 Å². The van der Waals surface area contributed by atoms with Crippen LogP contribution in [-0.2, 0) is 29.9 Å². The first-order valence-electron chi connectivity index (χ1n) is 38.4. The molecule has 0 saturated heterocycles. The zero-order valence-electron chi connectivity index (χ0n) is 67.4. The van der Waals surface area contributed by atoms with E-state index in [1.165, 1.54) is 44.5 Å². The minimum absolute atomic E-state index is 0.253. The first-order chi connectivity index (χ1) is 50.2. The Bertz CT molecular complexity index is 3950. The van der Waals surface area contributed by atoms with Gasteiger partial charge in [-0.25, -0.2) is 0 Å². The summed E-state index contributed by atoms with van der Waals surface area (Å²) < 4.78 is 66.0. The first kappa shape index (κ1) is 82.0. The molecule has 0 saturated carbocycles. The number of hydrogen-bond donors (Lipinski definition) is 0. The van der Waals surface area contributed by atoms with Crippen molar-refractivity contribution in [3.8, 4) is 46.0 Å². The number of ether oxygens (including phenoxy) is 8. The van der Waals surface area contributed by atoms with Crippen molar-refractivity contribution in [1.29, 1.82) is 0 Å². The van der Waals surface area contributed by atoms with E-state index in [1.807, 2.05) is 0 Å². The molecule has 0 atom stereocenters. The maximum absolute atomic E-state index is 6.98. The molecule has 0 aromatic heterocycles. The number of rotatable bonds is 4. The fourth-order valence-electron chi connectivity index (χ4n) is 13.7. The predicted molar refractivity (Wildman–Crippen MR) is 449 cm³/mol. The second-order valence-electron chi connectivity index (χ2n) is 32.8. The Labute approximate surface area is 640 Å². The number of benzene rings is 8. The van der Waals surface area contributed by atoms with E-state index in [1.54, 1.807) is 0 Å². The molecular weight excluding hydrogens is 1380 g/mol. The molecule has 8 aromatic rings. The molecule has 0 unspecified atom stereocenters. The summed E-state index contributed by atoms with van der Waals surface area (Å²) in [6.07, 6.45) is 17.3. The van der Waals surface area contributed by atoms with Crippen LogP contribution in [0.1, 0.15) is 179 Å². The van der Waals surface area contributed by atoms with Gasteiger partial charge in [0.05, 0.1) is 11.5 Å². The van der Waals surface area contributed by atoms with Gasteiger partial charge in [0.15, 0.2) is 0 Å². The van der Waals surface area contributed by atoms with Crippen LogP contribution in [0.4, 0.5) is 0 Å². The first-order valence-corrected chi connectivity index (χ1v) is 50.9. The highest BCUT2D eigenvalue weighted by molar-refractivity contribution is 6.85. The Kier molecular flexibility index (Phi) is 27.6. The van der Waals surface area contributed by atoms with Gasteiger partial charge in [0.2, 0.25) is 33.3 Å². The van der Waals surface area contributed by atoms with E-state index in [-0.39, 0.29) is 21.7 Å². The Morgan fingerprint density at radius 2 is 0.462 bits per heavy atom. The maximum Gasteiger partial charge on any atom is 0.213 e. The lowest BCUT2D eigenvalue weighted by Gasteiger charge is -2.33. The Hall–Kier alpha value is -8.09. The average Bonchev–Trinajstić information content (AvgIpc) is 0.818. The van der Waals surface area contributed by atoms with Crippen LogP contribution in [0.25, 0.3) is 0 Å². The third-order valence-corrected chi connectivity index (χ3v) is 32.3. The van der Waals surface area contributed by atoms with Gasteiger partial charge in [0.1, 0.15) is 82.4 Å². The lowest BCUT2D eigenvalue weighted by molar-refractivity contribution is 0.329. The van der Waals surface area contributed by atoms with E-state index < -0.39 is 33.3 Å². The van der Waals surface area contributed by atoms with E-state index in [2.05, 4.69) is 354 Å². The largest absolute Gasteiger partial charge is 0.494 e. The van der Waals surface area contributed by atoms with Gasteiger partial charge >= 0.3 is 0 Å². The second kappa shape index (κ2) is 35.7. The fourth-order valence-corrected chi connectivity index (χ4v) is 28.6. The molecule has 0 radical (unpaired) electrons. The fraction of sp³-hybridized carbons (Fsp3) is 0.391. The van der Waals surface area contributed by atoms with Crippen molar-refractivity contribution in [2.24, 2.45) is 0 Å². The number of hydrogen-bond acceptors (Lipinski definition) is 10. The minimum atomic E-state index is -2.25. The molecular formula is C92H120O10Si4. The van der Waals surface area contributed by atoms with Crippen molar-refractivity contribution in [2.75, 3.05) is 24.9 Å². The molecule has 0 N–H and O–H groups in total. The van der Waals surface area contributed by atoms with Crippen LogP contribution in [0, 0.1) is 0 Å². The van der Waals surface area contributed by atoms with Crippen molar-refractivity contribution in [1.82, 2.24) is 0 Å². The van der Waals surface area contributed by atoms with Gasteiger partial charge in [-0.1, -0.05) is 180 Å². The molecule has 14 heteroatoms. The highest BCUT2D eigenvalue weighted by Crippen LogP contribution is 2.40. The lowest BCUT2D eigenvalue weighted by atomic mass is 9.78. The SMILES string of the molecule is CCC=C1CCC=C(CC)Oc2ccc(cc2)C(C)(C)c2ccc(cc2)OC[Si](C)(C)O[Si](C)(C)COc2ccc(cc2)C(C)(C)c2ccc(cc2)OC(CC)=CCCC(=CCC)Oc2ccc(cc2)C(C)(C)c2ccc(cc2)OC[Si](C)(C)O[Si](C)(C)COc2ccc(cc2)C(C)(C)c2ccc(cc2)O1. The summed E-state index contributed by atoms with van der Waals surface area (Å²) in [5.41, 5.74) is 8.58. The summed E-state index contributed by atoms with van der Waals surface area (Å²) in [5, 5.41) is 0. The van der Waals surface area contributed by atoms with Crippen molar-refractivity contribution in [2.45, 2.75) is 208 Å². The quantitative estimate of drug-likeness (QED) is 0.159. The summed E-state index contributed by atoms with van der Waals surface area (Å²) in [7, 11) is -9.01. The van der Waals surface area contributed by atoms with Crippen LogP contribution >= 0.6 is 0 Å².